The van der Waals surface area contributed by atoms with Gasteiger partial charge in [-0.3, -0.25) is 0 Å². The SMILES string of the molecule is CN(C)CCC1(c2ccc(O)cc2)CCCC1. The Balaban J connectivity index is 2.18. The van der Waals surface area contributed by atoms with E-state index in [0.29, 0.717) is 11.2 Å². The fourth-order valence-electron chi connectivity index (χ4n) is 2.99. The Bertz CT molecular complexity index is 350. The predicted molar refractivity (Wildman–Crippen MR) is 71.4 cm³/mol. The third-order valence-electron chi connectivity index (χ3n) is 4.08. The zero-order chi connectivity index (χ0) is 12.3. The lowest BCUT2D eigenvalue weighted by Gasteiger charge is -2.31. The lowest BCUT2D eigenvalue weighted by Crippen LogP contribution is -2.28. The van der Waals surface area contributed by atoms with E-state index >= 15 is 0 Å². The van der Waals surface area contributed by atoms with Gasteiger partial charge < -0.3 is 10.0 Å². The summed E-state index contributed by atoms with van der Waals surface area (Å²) in [6.45, 7) is 1.14. The van der Waals surface area contributed by atoms with Crippen LogP contribution in [0.1, 0.15) is 37.7 Å². The lowest BCUT2D eigenvalue weighted by atomic mass is 9.76. The van der Waals surface area contributed by atoms with E-state index in [2.05, 4.69) is 31.1 Å². The van der Waals surface area contributed by atoms with Crippen LogP contribution in [0.5, 0.6) is 5.75 Å². The number of phenolic OH excluding ortho intramolecular Hbond substituents is 1. The molecular formula is C15H23NO. The molecule has 0 radical (unpaired) electrons. The largest absolute Gasteiger partial charge is 0.508 e. The zero-order valence-electron chi connectivity index (χ0n) is 10.9. The molecule has 1 aliphatic carbocycles. The highest BCUT2D eigenvalue weighted by Crippen LogP contribution is 2.44. The standard InChI is InChI=1S/C15H23NO/c1-16(2)12-11-15(9-3-4-10-15)13-5-7-14(17)8-6-13/h5-8,17H,3-4,9-12H2,1-2H3. The second-order valence-electron chi connectivity index (χ2n) is 5.59. The van der Waals surface area contributed by atoms with E-state index in [1.807, 2.05) is 12.1 Å². The maximum Gasteiger partial charge on any atom is 0.115 e. The molecule has 0 unspecified atom stereocenters. The molecule has 1 aliphatic rings. The van der Waals surface area contributed by atoms with Gasteiger partial charge >= 0.3 is 0 Å². The van der Waals surface area contributed by atoms with Gasteiger partial charge in [-0.15, -0.1) is 0 Å². The van der Waals surface area contributed by atoms with Gasteiger partial charge in [0, 0.05) is 0 Å². The number of rotatable bonds is 4. The molecule has 0 atom stereocenters. The molecule has 1 aromatic rings. The molecule has 2 rings (SSSR count). The maximum absolute atomic E-state index is 9.39. The minimum atomic E-state index is 0.359. The summed E-state index contributed by atoms with van der Waals surface area (Å²) < 4.78 is 0. The first kappa shape index (κ1) is 12.4. The third kappa shape index (κ3) is 2.81. The van der Waals surface area contributed by atoms with Gasteiger partial charge in [0.05, 0.1) is 0 Å². The van der Waals surface area contributed by atoms with E-state index in [4.69, 9.17) is 0 Å². The monoisotopic (exact) mass is 233 g/mol. The van der Waals surface area contributed by atoms with Crippen LogP contribution in [-0.2, 0) is 5.41 Å². The number of hydrogen-bond acceptors (Lipinski definition) is 2. The van der Waals surface area contributed by atoms with E-state index in [-0.39, 0.29) is 0 Å². The van der Waals surface area contributed by atoms with Gasteiger partial charge in [-0.25, -0.2) is 0 Å². The summed E-state index contributed by atoms with van der Waals surface area (Å²) >= 11 is 0. The molecule has 0 bridgehead atoms. The molecule has 0 spiro atoms. The van der Waals surface area contributed by atoms with Crippen LogP contribution in [-0.4, -0.2) is 30.6 Å². The van der Waals surface area contributed by atoms with Crippen molar-refractivity contribution < 1.29 is 5.11 Å². The normalized spacial score (nSPS) is 18.8. The van der Waals surface area contributed by atoms with E-state index < -0.39 is 0 Å². The number of nitrogens with zero attached hydrogens (tertiary/aromatic N) is 1. The summed E-state index contributed by atoms with van der Waals surface area (Å²) in [6.07, 6.45) is 6.50. The fourth-order valence-corrected chi connectivity index (χ4v) is 2.99. The van der Waals surface area contributed by atoms with E-state index in [9.17, 15) is 5.11 Å². The van der Waals surface area contributed by atoms with Gasteiger partial charge in [0.15, 0.2) is 0 Å². The van der Waals surface area contributed by atoms with Gasteiger partial charge in [-0.2, -0.15) is 0 Å². The number of aromatic hydroxyl groups is 1. The average Bonchev–Trinajstić information content (AvgIpc) is 2.77. The van der Waals surface area contributed by atoms with Crippen LogP contribution in [0.4, 0.5) is 0 Å². The van der Waals surface area contributed by atoms with Crippen molar-refractivity contribution in [1.29, 1.82) is 0 Å². The Morgan fingerprint density at radius 3 is 2.24 bits per heavy atom. The molecule has 17 heavy (non-hydrogen) atoms. The second kappa shape index (κ2) is 5.09. The summed E-state index contributed by atoms with van der Waals surface area (Å²) in [5.74, 6) is 0.370. The Hall–Kier alpha value is -1.02. The summed E-state index contributed by atoms with van der Waals surface area (Å²) in [4.78, 5) is 2.26. The Morgan fingerprint density at radius 1 is 1.12 bits per heavy atom. The number of phenols is 1. The van der Waals surface area contributed by atoms with E-state index in [1.165, 1.54) is 37.7 Å². The highest BCUT2D eigenvalue weighted by molar-refractivity contribution is 5.32. The van der Waals surface area contributed by atoms with Gasteiger partial charge in [0.1, 0.15) is 5.75 Å². The van der Waals surface area contributed by atoms with Crippen LogP contribution in [0.25, 0.3) is 0 Å². The molecule has 0 aliphatic heterocycles. The Morgan fingerprint density at radius 2 is 1.71 bits per heavy atom. The van der Waals surface area contributed by atoms with Crippen molar-refractivity contribution in [2.45, 2.75) is 37.5 Å². The third-order valence-corrected chi connectivity index (χ3v) is 4.08. The molecule has 94 valence electrons. The molecule has 0 amide bonds. The Labute approximate surface area is 104 Å². The van der Waals surface area contributed by atoms with Crippen molar-refractivity contribution in [3.05, 3.63) is 29.8 Å². The van der Waals surface area contributed by atoms with Gasteiger partial charge in [-0.05, 0) is 63.0 Å². The minimum Gasteiger partial charge on any atom is -0.508 e. The number of hydrogen-bond donors (Lipinski definition) is 1. The van der Waals surface area contributed by atoms with Crippen molar-refractivity contribution in [3.8, 4) is 5.75 Å². The van der Waals surface area contributed by atoms with Crippen molar-refractivity contribution >= 4 is 0 Å². The van der Waals surface area contributed by atoms with Crippen LogP contribution < -0.4 is 0 Å². The predicted octanol–water partition coefficient (Wildman–Crippen LogP) is 3.16. The molecule has 1 fully saturated rings. The molecule has 0 aromatic heterocycles. The quantitative estimate of drug-likeness (QED) is 0.863. The van der Waals surface area contributed by atoms with Gasteiger partial charge in [0.25, 0.3) is 0 Å². The molecule has 1 saturated carbocycles. The fraction of sp³-hybridized carbons (Fsp3) is 0.600. The highest BCUT2D eigenvalue weighted by atomic mass is 16.3. The molecule has 1 N–H and O–H groups in total. The van der Waals surface area contributed by atoms with E-state index in [0.717, 1.165) is 6.54 Å². The van der Waals surface area contributed by atoms with Crippen LogP contribution in [0.2, 0.25) is 0 Å². The maximum atomic E-state index is 9.39. The molecule has 1 aromatic carbocycles. The first-order chi connectivity index (χ1) is 8.12. The van der Waals surface area contributed by atoms with Crippen LogP contribution in [0, 0.1) is 0 Å². The summed E-state index contributed by atoms with van der Waals surface area (Å²) in [5, 5.41) is 9.39. The molecular weight excluding hydrogens is 210 g/mol. The summed E-state index contributed by atoms with van der Waals surface area (Å²) in [7, 11) is 4.28. The first-order valence-corrected chi connectivity index (χ1v) is 6.57. The van der Waals surface area contributed by atoms with Gasteiger partial charge in [-0.1, -0.05) is 25.0 Å². The average molecular weight is 233 g/mol. The molecule has 2 nitrogen and oxygen atoms in total. The molecule has 0 saturated heterocycles. The van der Waals surface area contributed by atoms with Crippen LogP contribution in [0.15, 0.2) is 24.3 Å². The van der Waals surface area contributed by atoms with Gasteiger partial charge in [0.2, 0.25) is 0 Å². The van der Waals surface area contributed by atoms with E-state index in [1.54, 1.807) is 0 Å². The summed E-state index contributed by atoms with van der Waals surface area (Å²) in [5.41, 5.74) is 1.77. The summed E-state index contributed by atoms with van der Waals surface area (Å²) in [6, 6.07) is 7.86. The highest BCUT2D eigenvalue weighted by Gasteiger charge is 2.35. The number of benzene rings is 1. The lowest BCUT2D eigenvalue weighted by molar-refractivity contribution is 0.315. The molecule has 2 heteroatoms. The second-order valence-corrected chi connectivity index (χ2v) is 5.59. The van der Waals surface area contributed by atoms with Crippen LogP contribution in [0.3, 0.4) is 0 Å². The van der Waals surface area contributed by atoms with Crippen molar-refractivity contribution in [2.24, 2.45) is 0 Å². The van der Waals surface area contributed by atoms with Crippen molar-refractivity contribution in [2.75, 3.05) is 20.6 Å². The van der Waals surface area contributed by atoms with Crippen LogP contribution >= 0.6 is 0 Å². The smallest absolute Gasteiger partial charge is 0.115 e. The Kier molecular flexibility index (Phi) is 3.72. The topological polar surface area (TPSA) is 23.5 Å². The van der Waals surface area contributed by atoms with Crippen molar-refractivity contribution in [3.63, 3.8) is 0 Å². The molecule has 0 heterocycles. The van der Waals surface area contributed by atoms with Crippen molar-refractivity contribution in [1.82, 2.24) is 4.90 Å². The first-order valence-electron chi connectivity index (χ1n) is 6.57. The minimum absolute atomic E-state index is 0.359. The zero-order valence-corrected chi connectivity index (χ0v) is 10.9.